The summed E-state index contributed by atoms with van der Waals surface area (Å²) in [4.78, 5) is 0. The fourth-order valence-corrected chi connectivity index (χ4v) is 3.76. The monoisotopic (exact) mass is 417 g/mol. The first kappa shape index (κ1) is 17.5. The Bertz CT molecular complexity index is 433. The van der Waals surface area contributed by atoms with Gasteiger partial charge in [0, 0.05) is 21.6 Å². The molecule has 0 saturated carbocycles. The van der Waals surface area contributed by atoms with Gasteiger partial charge in [0.15, 0.2) is 0 Å². The molecule has 2 nitrogen and oxygen atoms in total. The third-order valence-corrected chi connectivity index (χ3v) is 5.24. The van der Waals surface area contributed by atoms with E-state index in [1.165, 1.54) is 29.3 Å². The van der Waals surface area contributed by atoms with E-state index in [0.717, 1.165) is 36.9 Å². The molecule has 2 rings (SSSR count). The summed E-state index contributed by atoms with van der Waals surface area (Å²) in [7, 11) is 0. The van der Waals surface area contributed by atoms with Gasteiger partial charge in [0.2, 0.25) is 0 Å². The van der Waals surface area contributed by atoms with E-state index in [4.69, 9.17) is 4.74 Å². The lowest BCUT2D eigenvalue weighted by molar-refractivity contribution is 0.00853. The van der Waals surface area contributed by atoms with Crippen LogP contribution in [0.15, 0.2) is 27.1 Å². The zero-order valence-corrected chi connectivity index (χ0v) is 15.9. The number of benzene rings is 1. The van der Waals surface area contributed by atoms with Gasteiger partial charge in [-0.05, 0) is 68.8 Å². The number of hydrogen-bond acceptors (Lipinski definition) is 2. The maximum atomic E-state index is 5.87. The first-order valence-electron chi connectivity index (χ1n) is 8.00. The Morgan fingerprint density at radius 1 is 1.33 bits per heavy atom. The summed E-state index contributed by atoms with van der Waals surface area (Å²) in [5.41, 5.74) is 1.34. The summed E-state index contributed by atoms with van der Waals surface area (Å²) in [6, 6.07) is 6.81. The van der Waals surface area contributed by atoms with Crippen LogP contribution in [0.3, 0.4) is 0 Å². The molecule has 2 atom stereocenters. The lowest BCUT2D eigenvalue weighted by atomic mass is 9.97. The molecule has 1 aromatic carbocycles. The molecule has 1 fully saturated rings. The van der Waals surface area contributed by atoms with Crippen molar-refractivity contribution in [3.8, 4) is 0 Å². The molecule has 1 aliphatic heterocycles. The highest BCUT2D eigenvalue weighted by molar-refractivity contribution is 9.11. The Balaban J connectivity index is 2.00. The highest BCUT2D eigenvalue weighted by atomic mass is 79.9. The highest BCUT2D eigenvalue weighted by Gasteiger charge is 2.19. The van der Waals surface area contributed by atoms with E-state index in [9.17, 15) is 0 Å². The number of nitrogens with one attached hydrogen (secondary N) is 1. The van der Waals surface area contributed by atoms with Crippen molar-refractivity contribution in [2.24, 2.45) is 0 Å². The van der Waals surface area contributed by atoms with E-state index in [2.05, 4.69) is 62.3 Å². The second kappa shape index (κ2) is 9.29. The quantitative estimate of drug-likeness (QED) is 0.621. The van der Waals surface area contributed by atoms with Gasteiger partial charge in [0.25, 0.3) is 0 Å². The van der Waals surface area contributed by atoms with Gasteiger partial charge in [0.05, 0.1) is 6.10 Å². The lowest BCUT2D eigenvalue weighted by Gasteiger charge is -2.26. The van der Waals surface area contributed by atoms with Gasteiger partial charge in [-0.1, -0.05) is 38.8 Å². The van der Waals surface area contributed by atoms with E-state index >= 15 is 0 Å². The molecular weight excluding hydrogens is 394 g/mol. The van der Waals surface area contributed by atoms with E-state index in [1.807, 2.05) is 0 Å². The van der Waals surface area contributed by atoms with Gasteiger partial charge >= 0.3 is 0 Å². The van der Waals surface area contributed by atoms with Gasteiger partial charge in [-0.3, -0.25) is 0 Å². The van der Waals surface area contributed by atoms with Crippen LogP contribution in [0.5, 0.6) is 0 Å². The summed E-state index contributed by atoms with van der Waals surface area (Å²) < 4.78 is 8.19. The maximum Gasteiger partial charge on any atom is 0.0575 e. The standard InChI is InChI=1S/C17H25Br2NO/c1-2-10-20-17(9-7-14-5-3-4-11-21-14)15-12-13(18)6-8-16(15)19/h6,8,12,14,17,20H,2-5,7,9-11H2,1H3. The zero-order chi connectivity index (χ0) is 15.1. The SMILES string of the molecule is CCCNC(CCC1CCCCO1)c1cc(Br)ccc1Br. The van der Waals surface area contributed by atoms with Crippen LogP contribution >= 0.6 is 31.9 Å². The number of halogens is 2. The van der Waals surface area contributed by atoms with Crippen LogP contribution in [-0.4, -0.2) is 19.3 Å². The van der Waals surface area contributed by atoms with Crippen molar-refractivity contribution in [3.63, 3.8) is 0 Å². The Kier molecular flexibility index (Phi) is 7.72. The summed E-state index contributed by atoms with van der Waals surface area (Å²) >= 11 is 7.28. The van der Waals surface area contributed by atoms with Crippen LogP contribution in [0.25, 0.3) is 0 Å². The van der Waals surface area contributed by atoms with E-state index in [-0.39, 0.29) is 0 Å². The minimum Gasteiger partial charge on any atom is -0.378 e. The lowest BCUT2D eigenvalue weighted by Crippen LogP contribution is -2.26. The molecule has 1 aromatic rings. The van der Waals surface area contributed by atoms with Crippen LogP contribution in [0.2, 0.25) is 0 Å². The molecule has 0 radical (unpaired) electrons. The fraction of sp³-hybridized carbons (Fsp3) is 0.647. The summed E-state index contributed by atoms with van der Waals surface area (Å²) in [5, 5.41) is 3.69. The second-order valence-electron chi connectivity index (χ2n) is 5.74. The van der Waals surface area contributed by atoms with Gasteiger partial charge in [-0.2, -0.15) is 0 Å². The molecule has 1 heterocycles. The predicted molar refractivity (Wildman–Crippen MR) is 95.7 cm³/mol. The fourth-order valence-electron chi connectivity index (χ4n) is 2.86. The molecule has 0 spiro atoms. The molecule has 118 valence electrons. The summed E-state index contributed by atoms with van der Waals surface area (Å²) in [6.07, 6.45) is 7.64. The van der Waals surface area contributed by atoms with Crippen molar-refractivity contribution in [1.82, 2.24) is 5.32 Å². The minimum absolute atomic E-state index is 0.391. The van der Waals surface area contributed by atoms with Crippen LogP contribution in [0.4, 0.5) is 0 Å². The van der Waals surface area contributed by atoms with Crippen molar-refractivity contribution < 1.29 is 4.74 Å². The zero-order valence-electron chi connectivity index (χ0n) is 12.7. The van der Waals surface area contributed by atoms with Gasteiger partial charge < -0.3 is 10.1 Å². The summed E-state index contributed by atoms with van der Waals surface area (Å²) in [5.74, 6) is 0. The Morgan fingerprint density at radius 2 is 2.19 bits per heavy atom. The number of ether oxygens (including phenoxy) is 1. The van der Waals surface area contributed by atoms with Crippen LogP contribution in [0.1, 0.15) is 57.1 Å². The second-order valence-corrected chi connectivity index (χ2v) is 7.51. The average molecular weight is 419 g/mol. The third kappa shape index (κ3) is 5.66. The minimum atomic E-state index is 0.391. The average Bonchev–Trinajstić information content (AvgIpc) is 2.51. The van der Waals surface area contributed by atoms with Crippen molar-refractivity contribution in [2.45, 2.75) is 57.6 Å². The molecule has 21 heavy (non-hydrogen) atoms. The van der Waals surface area contributed by atoms with Gasteiger partial charge in [-0.15, -0.1) is 0 Å². The van der Waals surface area contributed by atoms with Crippen LogP contribution in [0, 0.1) is 0 Å². The molecule has 1 N–H and O–H groups in total. The molecular formula is C17H25Br2NO. The molecule has 1 saturated heterocycles. The first-order valence-corrected chi connectivity index (χ1v) is 9.59. The largest absolute Gasteiger partial charge is 0.378 e. The smallest absolute Gasteiger partial charge is 0.0575 e. The number of hydrogen-bond donors (Lipinski definition) is 1. The molecule has 1 aliphatic rings. The molecule has 0 bridgehead atoms. The Hall–Kier alpha value is 0.1000. The van der Waals surface area contributed by atoms with Crippen LogP contribution < -0.4 is 5.32 Å². The molecule has 2 unspecified atom stereocenters. The molecule has 4 heteroatoms. The number of rotatable bonds is 7. The molecule has 0 aliphatic carbocycles. The normalized spacial score (nSPS) is 20.4. The van der Waals surface area contributed by atoms with Gasteiger partial charge in [0.1, 0.15) is 0 Å². The topological polar surface area (TPSA) is 21.3 Å². The predicted octanol–water partition coefficient (Wildman–Crippen LogP) is 5.60. The van der Waals surface area contributed by atoms with Gasteiger partial charge in [-0.25, -0.2) is 0 Å². The van der Waals surface area contributed by atoms with E-state index in [0.29, 0.717) is 12.1 Å². The summed E-state index contributed by atoms with van der Waals surface area (Å²) in [6.45, 7) is 4.21. The maximum absolute atomic E-state index is 5.87. The molecule has 0 aromatic heterocycles. The Labute approximate surface area is 145 Å². The van der Waals surface area contributed by atoms with Crippen molar-refractivity contribution in [3.05, 3.63) is 32.7 Å². The highest BCUT2D eigenvalue weighted by Crippen LogP contribution is 2.31. The van der Waals surface area contributed by atoms with E-state index in [1.54, 1.807) is 0 Å². The Morgan fingerprint density at radius 3 is 2.90 bits per heavy atom. The van der Waals surface area contributed by atoms with Crippen molar-refractivity contribution >= 4 is 31.9 Å². The van der Waals surface area contributed by atoms with Crippen molar-refractivity contribution in [1.29, 1.82) is 0 Å². The third-order valence-electron chi connectivity index (χ3n) is 4.03. The van der Waals surface area contributed by atoms with E-state index < -0.39 is 0 Å². The molecule has 0 amide bonds. The first-order chi connectivity index (χ1) is 10.2. The van der Waals surface area contributed by atoms with Crippen LogP contribution in [-0.2, 0) is 4.74 Å². The van der Waals surface area contributed by atoms with Crippen molar-refractivity contribution in [2.75, 3.05) is 13.2 Å².